The van der Waals surface area contributed by atoms with Gasteiger partial charge in [-0.05, 0) is 42.5 Å². The van der Waals surface area contributed by atoms with Gasteiger partial charge < -0.3 is 15.5 Å². The Morgan fingerprint density at radius 1 is 0.897 bits per heavy atom. The standard InChI is InChI=1S/C22H21N7/c1-2-16-14-18(4-5-19(16)24-8-1)27-22-25-9-7-20(28-22)17-3-6-21(26-15-17)29-12-10-23-11-13-29/h1-9,14-15,23H,10-13H2,(H,25,27,28). The Morgan fingerprint density at radius 2 is 1.83 bits per heavy atom. The lowest BCUT2D eigenvalue weighted by atomic mass is 10.2. The average molecular weight is 383 g/mol. The summed E-state index contributed by atoms with van der Waals surface area (Å²) in [6.07, 6.45) is 5.44. The Kier molecular flexibility index (Phi) is 4.72. The fourth-order valence-electron chi connectivity index (χ4n) is 3.48. The molecule has 7 heteroatoms. The van der Waals surface area contributed by atoms with Crippen LogP contribution in [0.4, 0.5) is 17.5 Å². The van der Waals surface area contributed by atoms with Gasteiger partial charge >= 0.3 is 0 Å². The number of anilines is 3. The monoisotopic (exact) mass is 383 g/mol. The second-order valence-corrected chi connectivity index (χ2v) is 6.94. The number of fused-ring (bicyclic) bond motifs is 1. The van der Waals surface area contributed by atoms with E-state index in [4.69, 9.17) is 0 Å². The van der Waals surface area contributed by atoms with E-state index in [1.54, 1.807) is 12.4 Å². The van der Waals surface area contributed by atoms with Crippen LogP contribution in [-0.4, -0.2) is 46.1 Å². The molecule has 0 aliphatic carbocycles. The molecule has 0 radical (unpaired) electrons. The molecule has 1 fully saturated rings. The van der Waals surface area contributed by atoms with Gasteiger partial charge in [-0.2, -0.15) is 0 Å². The third-order valence-corrected chi connectivity index (χ3v) is 5.00. The van der Waals surface area contributed by atoms with Crippen LogP contribution in [0.25, 0.3) is 22.2 Å². The van der Waals surface area contributed by atoms with Crippen molar-refractivity contribution in [2.24, 2.45) is 0 Å². The zero-order chi connectivity index (χ0) is 19.5. The first-order valence-corrected chi connectivity index (χ1v) is 9.72. The molecule has 3 aromatic heterocycles. The molecule has 7 nitrogen and oxygen atoms in total. The lowest BCUT2D eigenvalue weighted by Gasteiger charge is -2.28. The Morgan fingerprint density at radius 3 is 2.69 bits per heavy atom. The fourth-order valence-corrected chi connectivity index (χ4v) is 3.48. The Labute approximate surface area is 168 Å². The summed E-state index contributed by atoms with van der Waals surface area (Å²) < 4.78 is 0. The second kappa shape index (κ2) is 7.81. The van der Waals surface area contributed by atoms with E-state index in [2.05, 4.69) is 47.6 Å². The van der Waals surface area contributed by atoms with E-state index in [9.17, 15) is 0 Å². The highest BCUT2D eigenvalue weighted by atomic mass is 15.2. The first kappa shape index (κ1) is 17.5. The summed E-state index contributed by atoms with van der Waals surface area (Å²) in [5.74, 6) is 1.56. The number of rotatable bonds is 4. The van der Waals surface area contributed by atoms with Crippen LogP contribution in [0.1, 0.15) is 0 Å². The van der Waals surface area contributed by atoms with Crippen LogP contribution in [0.3, 0.4) is 0 Å². The molecule has 4 aromatic rings. The highest BCUT2D eigenvalue weighted by molar-refractivity contribution is 5.82. The van der Waals surface area contributed by atoms with Gasteiger partial charge in [0.05, 0.1) is 11.2 Å². The van der Waals surface area contributed by atoms with E-state index >= 15 is 0 Å². The molecule has 0 amide bonds. The maximum Gasteiger partial charge on any atom is 0.227 e. The molecule has 0 atom stereocenters. The van der Waals surface area contributed by atoms with Crippen LogP contribution in [0.15, 0.2) is 67.1 Å². The zero-order valence-electron chi connectivity index (χ0n) is 15.9. The third-order valence-electron chi connectivity index (χ3n) is 5.00. The maximum atomic E-state index is 4.66. The van der Waals surface area contributed by atoms with Crippen molar-refractivity contribution in [3.8, 4) is 11.3 Å². The maximum absolute atomic E-state index is 4.66. The molecule has 0 spiro atoms. The van der Waals surface area contributed by atoms with Crippen molar-refractivity contribution < 1.29 is 0 Å². The summed E-state index contributed by atoms with van der Waals surface area (Å²) >= 11 is 0. The molecule has 0 saturated carbocycles. The second-order valence-electron chi connectivity index (χ2n) is 6.94. The molecule has 0 unspecified atom stereocenters. The van der Waals surface area contributed by atoms with Gasteiger partial charge in [-0.1, -0.05) is 6.07 Å². The van der Waals surface area contributed by atoms with Gasteiger partial charge in [-0.3, -0.25) is 4.98 Å². The highest BCUT2D eigenvalue weighted by Crippen LogP contribution is 2.23. The molecule has 144 valence electrons. The van der Waals surface area contributed by atoms with Crippen LogP contribution in [-0.2, 0) is 0 Å². The number of piperazine rings is 1. The number of nitrogens with zero attached hydrogens (tertiary/aromatic N) is 5. The molecule has 1 aliphatic rings. The van der Waals surface area contributed by atoms with Gasteiger partial charge in [0.15, 0.2) is 0 Å². The summed E-state index contributed by atoms with van der Waals surface area (Å²) in [6.45, 7) is 3.95. The van der Waals surface area contributed by atoms with Crippen molar-refractivity contribution >= 4 is 28.4 Å². The smallest absolute Gasteiger partial charge is 0.227 e. The molecule has 2 N–H and O–H groups in total. The van der Waals surface area contributed by atoms with Gasteiger partial charge in [-0.15, -0.1) is 0 Å². The Hall–Kier alpha value is -3.58. The van der Waals surface area contributed by atoms with E-state index in [0.29, 0.717) is 5.95 Å². The molecule has 29 heavy (non-hydrogen) atoms. The minimum absolute atomic E-state index is 0.553. The lowest BCUT2D eigenvalue weighted by Crippen LogP contribution is -2.43. The molecular weight excluding hydrogens is 362 g/mol. The largest absolute Gasteiger partial charge is 0.354 e. The van der Waals surface area contributed by atoms with Gasteiger partial charge in [0, 0.05) is 61.4 Å². The Bertz CT molecular complexity index is 1120. The lowest BCUT2D eigenvalue weighted by molar-refractivity contribution is 0.585. The summed E-state index contributed by atoms with van der Waals surface area (Å²) in [6, 6.07) is 16.0. The van der Waals surface area contributed by atoms with Crippen LogP contribution in [0.2, 0.25) is 0 Å². The van der Waals surface area contributed by atoms with Crippen molar-refractivity contribution in [1.82, 2.24) is 25.3 Å². The van der Waals surface area contributed by atoms with Crippen molar-refractivity contribution in [3.63, 3.8) is 0 Å². The topological polar surface area (TPSA) is 78.9 Å². The van der Waals surface area contributed by atoms with Crippen molar-refractivity contribution in [1.29, 1.82) is 0 Å². The van der Waals surface area contributed by atoms with E-state index in [1.807, 2.05) is 42.6 Å². The highest BCUT2D eigenvalue weighted by Gasteiger charge is 2.12. The summed E-state index contributed by atoms with van der Waals surface area (Å²) in [4.78, 5) is 20.3. The molecule has 1 aromatic carbocycles. The van der Waals surface area contributed by atoms with Crippen molar-refractivity contribution in [3.05, 3.63) is 67.1 Å². The quantitative estimate of drug-likeness (QED) is 0.560. The van der Waals surface area contributed by atoms with E-state index in [-0.39, 0.29) is 0 Å². The van der Waals surface area contributed by atoms with E-state index in [0.717, 1.165) is 59.8 Å². The first-order chi connectivity index (χ1) is 14.3. The van der Waals surface area contributed by atoms with Gasteiger partial charge in [-0.25, -0.2) is 15.0 Å². The first-order valence-electron chi connectivity index (χ1n) is 9.72. The number of nitrogens with one attached hydrogen (secondary N) is 2. The zero-order valence-corrected chi connectivity index (χ0v) is 15.9. The Balaban J connectivity index is 1.36. The van der Waals surface area contributed by atoms with Crippen LogP contribution < -0.4 is 15.5 Å². The predicted octanol–water partition coefficient (Wildman–Crippen LogP) is 3.24. The van der Waals surface area contributed by atoms with Gasteiger partial charge in [0.25, 0.3) is 0 Å². The summed E-state index contributed by atoms with van der Waals surface area (Å²) in [7, 11) is 0. The number of hydrogen-bond donors (Lipinski definition) is 2. The number of pyridine rings is 2. The van der Waals surface area contributed by atoms with E-state index < -0.39 is 0 Å². The summed E-state index contributed by atoms with van der Waals surface area (Å²) in [5.41, 5.74) is 3.69. The van der Waals surface area contributed by atoms with Gasteiger partial charge in [0.2, 0.25) is 5.95 Å². The van der Waals surface area contributed by atoms with Crippen molar-refractivity contribution in [2.75, 3.05) is 36.4 Å². The molecule has 0 bridgehead atoms. The molecular formula is C22H21N7. The minimum atomic E-state index is 0.553. The minimum Gasteiger partial charge on any atom is -0.354 e. The van der Waals surface area contributed by atoms with Crippen LogP contribution >= 0.6 is 0 Å². The molecule has 1 aliphatic heterocycles. The fraction of sp³-hybridized carbons (Fsp3) is 0.182. The van der Waals surface area contributed by atoms with Crippen LogP contribution in [0.5, 0.6) is 0 Å². The molecule has 5 rings (SSSR count). The summed E-state index contributed by atoms with van der Waals surface area (Å²) in [5, 5.41) is 7.72. The normalized spacial score (nSPS) is 14.1. The van der Waals surface area contributed by atoms with E-state index in [1.165, 1.54) is 0 Å². The van der Waals surface area contributed by atoms with Gasteiger partial charge in [0.1, 0.15) is 5.82 Å². The van der Waals surface area contributed by atoms with Crippen molar-refractivity contribution in [2.45, 2.75) is 0 Å². The van der Waals surface area contributed by atoms with Crippen LogP contribution in [0, 0.1) is 0 Å². The third kappa shape index (κ3) is 3.86. The number of benzene rings is 1. The molecule has 4 heterocycles. The number of aromatic nitrogens is 4. The average Bonchev–Trinajstić information content (AvgIpc) is 2.80. The number of hydrogen-bond acceptors (Lipinski definition) is 7. The molecule has 1 saturated heterocycles. The SMILES string of the molecule is c1cnc2ccc(Nc3nccc(-c4ccc(N5CCNCC5)nc4)n3)cc2c1. The predicted molar refractivity (Wildman–Crippen MR) is 115 cm³/mol.